The molecule has 2 atom stereocenters. The van der Waals surface area contributed by atoms with Crippen LogP contribution in [-0.4, -0.2) is 34.5 Å². The Labute approximate surface area is 96.2 Å². The second kappa shape index (κ2) is 5.44. The van der Waals surface area contributed by atoms with E-state index in [1.165, 1.54) is 0 Å². The summed E-state index contributed by atoms with van der Waals surface area (Å²) < 4.78 is 74.1. The van der Waals surface area contributed by atoms with Crippen molar-refractivity contribution in [3.8, 4) is 0 Å². The van der Waals surface area contributed by atoms with Gasteiger partial charge in [0.15, 0.2) is 0 Å². The summed E-state index contributed by atoms with van der Waals surface area (Å²) in [4.78, 5) is 20.3. The van der Waals surface area contributed by atoms with Crippen molar-refractivity contribution in [3.63, 3.8) is 0 Å². The van der Waals surface area contributed by atoms with Gasteiger partial charge in [0.2, 0.25) is 0 Å². The molecule has 10 heteroatoms. The fourth-order valence-electron chi connectivity index (χ4n) is 1.35. The predicted octanol–water partition coefficient (Wildman–Crippen LogP) is 2.29. The topological polar surface area (TPSA) is 74.6 Å². The maximum Gasteiger partial charge on any atom is 0.393 e. The second-order valence-corrected chi connectivity index (χ2v) is 3.49. The first kappa shape index (κ1) is 16.5. The van der Waals surface area contributed by atoms with Gasteiger partial charge in [0.05, 0.1) is 24.7 Å². The average molecular weight is 282 g/mol. The zero-order chi connectivity index (χ0) is 14.7. The SMILES string of the molecule is O=C(O)CC(C(CC(=O)O)C(F)(F)F)C(F)(F)F. The first-order chi connectivity index (χ1) is 7.85. The molecule has 0 saturated heterocycles. The van der Waals surface area contributed by atoms with Crippen molar-refractivity contribution < 1.29 is 46.1 Å². The van der Waals surface area contributed by atoms with Crippen LogP contribution in [0.5, 0.6) is 0 Å². The van der Waals surface area contributed by atoms with Crippen LogP contribution in [0.25, 0.3) is 0 Å². The van der Waals surface area contributed by atoms with Crippen molar-refractivity contribution >= 4 is 11.9 Å². The van der Waals surface area contributed by atoms with Gasteiger partial charge < -0.3 is 10.2 Å². The number of carboxylic acid groups (broad SMARTS) is 2. The number of halogens is 6. The zero-order valence-corrected chi connectivity index (χ0v) is 8.55. The number of alkyl halides is 6. The van der Waals surface area contributed by atoms with E-state index < -0.39 is 49.0 Å². The van der Waals surface area contributed by atoms with Gasteiger partial charge in [-0.05, 0) is 0 Å². The van der Waals surface area contributed by atoms with Crippen molar-refractivity contribution in [1.29, 1.82) is 0 Å². The van der Waals surface area contributed by atoms with E-state index in [0.29, 0.717) is 0 Å². The molecule has 0 aliphatic heterocycles. The third kappa shape index (κ3) is 5.23. The minimum Gasteiger partial charge on any atom is -0.481 e. The van der Waals surface area contributed by atoms with Crippen molar-refractivity contribution in [1.82, 2.24) is 0 Å². The Morgan fingerprint density at radius 3 is 1.11 bits per heavy atom. The van der Waals surface area contributed by atoms with E-state index in [0.717, 1.165) is 0 Å². The third-order valence-corrected chi connectivity index (χ3v) is 2.12. The minimum absolute atomic E-state index is 1.83. The smallest absolute Gasteiger partial charge is 0.393 e. The van der Waals surface area contributed by atoms with Crippen molar-refractivity contribution in [2.75, 3.05) is 0 Å². The molecule has 0 spiro atoms. The highest BCUT2D eigenvalue weighted by atomic mass is 19.4. The summed E-state index contributed by atoms with van der Waals surface area (Å²) in [6, 6.07) is 0. The average Bonchev–Trinajstić information content (AvgIpc) is 2.06. The van der Waals surface area contributed by atoms with Gasteiger partial charge in [-0.1, -0.05) is 0 Å². The fraction of sp³-hybridized carbons (Fsp3) is 0.750. The van der Waals surface area contributed by atoms with Gasteiger partial charge in [0.1, 0.15) is 0 Å². The van der Waals surface area contributed by atoms with Gasteiger partial charge >= 0.3 is 24.3 Å². The number of aliphatic carboxylic acids is 2. The van der Waals surface area contributed by atoms with Crippen LogP contribution >= 0.6 is 0 Å². The summed E-state index contributed by atoms with van der Waals surface area (Å²) in [5.74, 6) is -10.7. The number of rotatable bonds is 5. The van der Waals surface area contributed by atoms with Gasteiger partial charge in [-0.2, -0.15) is 26.3 Å². The highest BCUT2D eigenvalue weighted by molar-refractivity contribution is 5.69. The van der Waals surface area contributed by atoms with Crippen LogP contribution in [0.2, 0.25) is 0 Å². The lowest BCUT2D eigenvalue weighted by Crippen LogP contribution is -2.41. The third-order valence-electron chi connectivity index (χ3n) is 2.12. The molecule has 0 aromatic heterocycles. The Morgan fingerprint density at radius 2 is 1.00 bits per heavy atom. The summed E-state index contributed by atoms with van der Waals surface area (Å²) in [5, 5.41) is 16.4. The molecule has 0 saturated carbocycles. The van der Waals surface area contributed by atoms with Crippen LogP contribution in [0.1, 0.15) is 12.8 Å². The Morgan fingerprint density at radius 1 is 0.778 bits per heavy atom. The quantitative estimate of drug-likeness (QED) is 0.759. The lowest BCUT2D eigenvalue weighted by molar-refractivity contribution is -0.256. The monoisotopic (exact) mass is 282 g/mol. The maximum atomic E-state index is 12.4. The van der Waals surface area contributed by atoms with Crippen LogP contribution in [-0.2, 0) is 9.59 Å². The minimum atomic E-state index is -5.45. The molecule has 2 N–H and O–H groups in total. The predicted molar refractivity (Wildman–Crippen MR) is 43.6 cm³/mol. The van der Waals surface area contributed by atoms with Crippen LogP contribution in [0, 0.1) is 11.8 Å². The fourth-order valence-corrected chi connectivity index (χ4v) is 1.35. The summed E-state index contributed by atoms with van der Waals surface area (Å²) in [6.45, 7) is 0. The van der Waals surface area contributed by atoms with E-state index in [1.807, 2.05) is 0 Å². The first-order valence-corrected chi connectivity index (χ1v) is 4.42. The highest BCUT2D eigenvalue weighted by Crippen LogP contribution is 2.44. The van der Waals surface area contributed by atoms with Crippen molar-refractivity contribution in [3.05, 3.63) is 0 Å². The van der Waals surface area contributed by atoms with Gasteiger partial charge in [0.25, 0.3) is 0 Å². The molecule has 2 unspecified atom stereocenters. The lowest BCUT2D eigenvalue weighted by Gasteiger charge is -2.28. The molecule has 0 aliphatic carbocycles. The number of carbonyl (C=O) groups is 2. The van der Waals surface area contributed by atoms with E-state index in [9.17, 15) is 35.9 Å². The maximum absolute atomic E-state index is 12.4. The standard InChI is InChI=1S/C8H8F6O4/c9-7(10,11)3(1-5(15)16)4(2-6(17)18)8(12,13)14/h3-4H,1-2H2,(H,15,16)(H,17,18). The highest BCUT2D eigenvalue weighted by Gasteiger charge is 2.56. The summed E-state index contributed by atoms with van der Waals surface area (Å²) in [6.07, 6.45) is -14.6. The number of carboxylic acids is 2. The lowest BCUT2D eigenvalue weighted by atomic mass is 9.85. The molecule has 18 heavy (non-hydrogen) atoms. The first-order valence-electron chi connectivity index (χ1n) is 4.42. The Kier molecular flexibility index (Phi) is 4.99. The zero-order valence-electron chi connectivity index (χ0n) is 8.55. The molecule has 0 heterocycles. The number of hydrogen-bond acceptors (Lipinski definition) is 2. The van der Waals surface area contributed by atoms with Crippen LogP contribution < -0.4 is 0 Å². The molecular formula is C8H8F6O4. The van der Waals surface area contributed by atoms with Gasteiger partial charge in [-0.25, -0.2) is 0 Å². The van der Waals surface area contributed by atoms with E-state index >= 15 is 0 Å². The van der Waals surface area contributed by atoms with E-state index in [-0.39, 0.29) is 0 Å². The van der Waals surface area contributed by atoms with Gasteiger partial charge in [-0.15, -0.1) is 0 Å². The molecule has 0 radical (unpaired) electrons. The largest absolute Gasteiger partial charge is 0.481 e. The molecule has 0 amide bonds. The van der Waals surface area contributed by atoms with Crippen LogP contribution in [0.4, 0.5) is 26.3 Å². The Balaban J connectivity index is 5.34. The van der Waals surface area contributed by atoms with Crippen LogP contribution in [0.3, 0.4) is 0 Å². The van der Waals surface area contributed by atoms with E-state index in [4.69, 9.17) is 10.2 Å². The summed E-state index contributed by atoms with van der Waals surface area (Å²) in [7, 11) is 0. The van der Waals surface area contributed by atoms with Gasteiger partial charge in [-0.3, -0.25) is 9.59 Å². The van der Waals surface area contributed by atoms with Gasteiger partial charge in [0, 0.05) is 0 Å². The second-order valence-electron chi connectivity index (χ2n) is 3.49. The summed E-state index contributed by atoms with van der Waals surface area (Å²) in [5.41, 5.74) is 0. The Hall–Kier alpha value is -1.48. The summed E-state index contributed by atoms with van der Waals surface area (Å²) >= 11 is 0. The molecule has 0 aliphatic rings. The molecular weight excluding hydrogens is 274 g/mol. The molecule has 0 aromatic carbocycles. The van der Waals surface area contributed by atoms with E-state index in [1.54, 1.807) is 0 Å². The molecule has 4 nitrogen and oxygen atoms in total. The van der Waals surface area contributed by atoms with E-state index in [2.05, 4.69) is 0 Å². The molecule has 0 fully saturated rings. The Bertz CT molecular complexity index is 289. The molecule has 0 rings (SSSR count). The molecule has 0 aromatic rings. The molecule has 106 valence electrons. The van der Waals surface area contributed by atoms with Crippen molar-refractivity contribution in [2.45, 2.75) is 25.2 Å². The number of hydrogen-bond donors (Lipinski definition) is 2. The normalized spacial score (nSPS) is 16.1. The molecule has 0 bridgehead atoms. The van der Waals surface area contributed by atoms with Crippen LogP contribution in [0.15, 0.2) is 0 Å². The van der Waals surface area contributed by atoms with Crippen molar-refractivity contribution in [2.24, 2.45) is 11.8 Å².